The van der Waals surface area contributed by atoms with Crippen LogP contribution in [-0.2, 0) is 13.0 Å². The second-order valence-corrected chi connectivity index (χ2v) is 5.55. The van der Waals surface area contributed by atoms with E-state index in [4.69, 9.17) is 4.74 Å². The molecule has 0 bridgehead atoms. The number of hydrogen-bond donors (Lipinski definition) is 1. The number of pyridine rings is 1. The zero-order chi connectivity index (χ0) is 16.9. The van der Waals surface area contributed by atoms with Gasteiger partial charge in [-0.3, -0.25) is 4.79 Å². The molecular weight excluding hydrogens is 302 g/mol. The Morgan fingerprint density at radius 1 is 1.25 bits per heavy atom. The van der Waals surface area contributed by atoms with Gasteiger partial charge >= 0.3 is 0 Å². The van der Waals surface area contributed by atoms with Gasteiger partial charge in [0.15, 0.2) is 0 Å². The fourth-order valence-corrected chi connectivity index (χ4v) is 2.79. The summed E-state index contributed by atoms with van der Waals surface area (Å²) in [6.45, 7) is 3.57. The van der Waals surface area contributed by atoms with Gasteiger partial charge in [0.1, 0.15) is 11.4 Å². The number of fused-ring (bicyclic) bond motifs is 1. The normalized spacial score (nSPS) is 10.8. The van der Waals surface area contributed by atoms with Crippen molar-refractivity contribution in [3.63, 3.8) is 0 Å². The first kappa shape index (κ1) is 16.1. The van der Waals surface area contributed by atoms with E-state index in [1.165, 1.54) is 5.56 Å². The van der Waals surface area contributed by atoms with Crippen LogP contribution in [0.25, 0.3) is 11.0 Å². The molecular formula is C19H21N3O2. The lowest BCUT2D eigenvalue weighted by Gasteiger charge is -2.06. The molecule has 124 valence electrons. The highest BCUT2D eigenvalue weighted by Crippen LogP contribution is 2.19. The number of aromatic nitrogens is 2. The minimum absolute atomic E-state index is 0.0741. The summed E-state index contributed by atoms with van der Waals surface area (Å²) in [4.78, 5) is 16.6. The molecule has 1 aromatic carbocycles. The van der Waals surface area contributed by atoms with Crippen molar-refractivity contribution in [1.29, 1.82) is 0 Å². The summed E-state index contributed by atoms with van der Waals surface area (Å²) < 4.78 is 7.24. The maximum atomic E-state index is 12.2. The molecule has 2 aromatic heterocycles. The fourth-order valence-electron chi connectivity index (χ4n) is 2.79. The third kappa shape index (κ3) is 3.25. The van der Waals surface area contributed by atoms with E-state index in [1.54, 1.807) is 31.4 Å². The fraction of sp³-hybridized carbons (Fsp3) is 0.263. The van der Waals surface area contributed by atoms with Gasteiger partial charge in [0, 0.05) is 36.4 Å². The van der Waals surface area contributed by atoms with Crippen LogP contribution in [0.15, 0.2) is 48.8 Å². The van der Waals surface area contributed by atoms with Crippen molar-refractivity contribution in [3.05, 3.63) is 59.9 Å². The summed E-state index contributed by atoms with van der Waals surface area (Å²) in [6, 6.07) is 11.1. The number of methoxy groups -OCH3 is 1. The maximum Gasteiger partial charge on any atom is 0.251 e. The Morgan fingerprint density at radius 2 is 2.04 bits per heavy atom. The van der Waals surface area contributed by atoms with E-state index < -0.39 is 0 Å². The summed E-state index contributed by atoms with van der Waals surface area (Å²) in [6.07, 6.45) is 4.71. The Balaban J connectivity index is 1.65. The van der Waals surface area contributed by atoms with Crippen molar-refractivity contribution in [2.24, 2.45) is 0 Å². The molecule has 0 saturated carbocycles. The molecule has 1 amide bonds. The quantitative estimate of drug-likeness (QED) is 0.758. The van der Waals surface area contributed by atoms with Gasteiger partial charge < -0.3 is 14.6 Å². The van der Waals surface area contributed by atoms with E-state index in [9.17, 15) is 4.79 Å². The lowest BCUT2D eigenvalue weighted by molar-refractivity contribution is 0.0954. The molecule has 2 heterocycles. The summed E-state index contributed by atoms with van der Waals surface area (Å²) in [5.41, 5.74) is 2.83. The second-order valence-electron chi connectivity index (χ2n) is 5.55. The number of amides is 1. The average molecular weight is 323 g/mol. The maximum absolute atomic E-state index is 12.2. The van der Waals surface area contributed by atoms with Crippen LogP contribution < -0.4 is 10.1 Å². The van der Waals surface area contributed by atoms with E-state index in [2.05, 4.69) is 34.1 Å². The highest BCUT2D eigenvalue weighted by Gasteiger charge is 2.09. The Bertz CT molecular complexity index is 837. The molecule has 24 heavy (non-hydrogen) atoms. The van der Waals surface area contributed by atoms with Gasteiger partial charge in [-0.2, -0.15) is 0 Å². The zero-order valence-corrected chi connectivity index (χ0v) is 14.0. The van der Waals surface area contributed by atoms with Gasteiger partial charge in [0.25, 0.3) is 5.91 Å². The van der Waals surface area contributed by atoms with Gasteiger partial charge in [-0.25, -0.2) is 4.98 Å². The summed E-state index contributed by atoms with van der Waals surface area (Å²) in [5, 5.41) is 4.12. The Labute approximate surface area is 141 Å². The van der Waals surface area contributed by atoms with E-state index in [0.717, 1.165) is 29.7 Å². The molecule has 5 heteroatoms. The van der Waals surface area contributed by atoms with Crippen molar-refractivity contribution < 1.29 is 9.53 Å². The van der Waals surface area contributed by atoms with Crippen LogP contribution in [0.5, 0.6) is 5.75 Å². The van der Waals surface area contributed by atoms with E-state index >= 15 is 0 Å². The highest BCUT2D eigenvalue weighted by atomic mass is 16.5. The van der Waals surface area contributed by atoms with E-state index in [-0.39, 0.29) is 5.91 Å². The number of rotatable bonds is 6. The van der Waals surface area contributed by atoms with Crippen molar-refractivity contribution in [3.8, 4) is 5.75 Å². The SMILES string of the molecule is CCn1cc(CCNC(=O)c2ccc(OC)cc2)c2cccnc21. The number of nitrogens with zero attached hydrogens (tertiary/aromatic N) is 2. The smallest absolute Gasteiger partial charge is 0.251 e. The lowest BCUT2D eigenvalue weighted by atomic mass is 10.1. The van der Waals surface area contributed by atoms with E-state index in [1.807, 2.05) is 12.3 Å². The molecule has 1 N–H and O–H groups in total. The van der Waals surface area contributed by atoms with Crippen LogP contribution in [-0.4, -0.2) is 29.1 Å². The largest absolute Gasteiger partial charge is 0.497 e. The minimum atomic E-state index is -0.0741. The van der Waals surface area contributed by atoms with Crippen molar-refractivity contribution in [2.75, 3.05) is 13.7 Å². The van der Waals surface area contributed by atoms with Crippen LogP contribution in [0.4, 0.5) is 0 Å². The number of carbonyl (C=O) groups excluding carboxylic acids is 1. The van der Waals surface area contributed by atoms with Crippen molar-refractivity contribution >= 4 is 16.9 Å². The average Bonchev–Trinajstić information content (AvgIpc) is 3.00. The second kappa shape index (κ2) is 7.17. The Kier molecular flexibility index (Phi) is 4.79. The van der Waals surface area contributed by atoms with Crippen LogP contribution in [0.2, 0.25) is 0 Å². The molecule has 0 aliphatic carbocycles. The minimum Gasteiger partial charge on any atom is -0.497 e. The number of aryl methyl sites for hydroxylation is 1. The van der Waals surface area contributed by atoms with Gasteiger partial charge in [-0.05, 0) is 55.3 Å². The third-order valence-corrected chi connectivity index (χ3v) is 4.09. The molecule has 0 spiro atoms. The van der Waals surface area contributed by atoms with Gasteiger partial charge in [-0.1, -0.05) is 0 Å². The summed E-state index contributed by atoms with van der Waals surface area (Å²) in [7, 11) is 1.61. The van der Waals surface area contributed by atoms with E-state index in [0.29, 0.717) is 12.1 Å². The predicted molar refractivity (Wildman–Crippen MR) is 94.4 cm³/mol. The van der Waals surface area contributed by atoms with Crippen molar-refractivity contribution in [1.82, 2.24) is 14.9 Å². The first-order valence-electron chi connectivity index (χ1n) is 8.08. The topological polar surface area (TPSA) is 56.2 Å². The third-order valence-electron chi connectivity index (χ3n) is 4.09. The molecule has 3 rings (SSSR count). The summed E-state index contributed by atoms with van der Waals surface area (Å²) >= 11 is 0. The molecule has 0 saturated heterocycles. The Morgan fingerprint density at radius 3 is 2.75 bits per heavy atom. The molecule has 5 nitrogen and oxygen atoms in total. The van der Waals surface area contributed by atoms with Crippen LogP contribution in [0.1, 0.15) is 22.8 Å². The number of hydrogen-bond acceptors (Lipinski definition) is 3. The van der Waals surface area contributed by atoms with Gasteiger partial charge in [0.05, 0.1) is 7.11 Å². The lowest BCUT2D eigenvalue weighted by Crippen LogP contribution is -2.25. The first-order valence-corrected chi connectivity index (χ1v) is 8.08. The molecule has 0 unspecified atom stereocenters. The Hall–Kier alpha value is -2.82. The summed E-state index contributed by atoms with van der Waals surface area (Å²) in [5.74, 6) is 0.668. The molecule has 3 aromatic rings. The number of benzene rings is 1. The van der Waals surface area contributed by atoms with Crippen LogP contribution >= 0.6 is 0 Å². The first-order chi connectivity index (χ1) is 11.7. The molecule has 0 atom stereocenters. The van der Waals surface area contributed by atoms with Crippen LogP contribution in [0.3, 0.4) is 0 Å². The molecule has 0 fully saturated rings. The molecule has 0 radical (unpaired) electrons. The molecule has 0 aliphatic heterocycles. The number of carbonyl (C=O) groups is 1. The van der Waals surface area contributed by atoms with Gasteiger partial charge in [0.2, 0.25) is 0 Å². The number of ether oxygens (including phenoxy) is 1. The highest BCUT2D eigenvalue weighted by molar-refractivity contribution is 5.94. The monoisotopic (exact) mass is 323 g/mol. The predicted octanol–water partition coefficient (Wildman–Crippen LogP) is 3.04. The van der Waals surface area contributed by atoms with Gasteiger partial charge in [-0.15, -0.1) is 0 Å². The standard InChI is InChI=1S/C19H21N3O2/c1-3-22-13-15(17-5-4-11-20-18(17)22)10-12-21-19(23)14-6-8-16(24-2)9-7-14/h4-9,11,13H,3,10,12H2,1-2H3,(H,21,23). The van der Waals surface area contributed by atoms with Crippen LogP contribution in [0, 0.1) is 0 Å². The van der Waals surface area contributed by atoms with Crippen molar-refractivity contribution in [2.45, 2.75) is 19.9 Å². The zero-order valence-electron chi connectivity index (χ0n) is 14.0. The molecule has 0 aliphatic rings. The number of nitrogens with one attached hydrogen (secondary N) is 1.